The fraction of sp³-hybridized carbons (Fsp3) is 0.214. The van der Waals surface area contributed by atoms with E-state index in [9.17, 15) is 9.59 Å². The average molecular weight is 441 g/mol. The maximum Gasteiger partial charge on any atom is 0.254 e. The highest BCUT2D eigenvalue weighted by molar-refractivity contribution is 6.16. The van der Waals surface area contributed by atoms with E-state index >= 15 is 0 Å². The van der Waals surface area contributed by atoms with Gasteiger partial charge in [0.15, 0.2) is 0 Å². The van der Waals surface area contributed by atoms with Gasteiger partial charge >= 0.3 is 0 Å². The maximum absolute atomic E-state index is 14.0. The molecule has 0 radical (unpaired) electrons. The highest BCUT2D eigenvalue weighted by atomic mass is 16.5. The lowest BCUT2D eigenvalue weighted by atomic mass is 9.97. The molecule has 5 nitrogen and oxygen atoms in total. The number of nitrogens with zero attached hydrogens (tertiary/aromatic N) is 2. The fourth-order valence-electron chi connectivity index (χ4n) is 4.32. The molecule has 0 spiro atoms. The van der Waals surface area contributed by atoms with Crippen molar-refractivity contribution in [2.75, 3.05) is 23.5 Å². The maximum atomic E-state index is 14.0. The molecule has 4 rings (SSSR count). The zero-order valence-electron chi connectivity index (χ0n) is 19.4. The van der Waals surface area contributed by atoms with Crippen LogP contribution in [0.4, 0.5) is 11.4 Å². The Balaban J connectivity index is 1.85. The molecule has 1 aliphatic rings. The lowest BCUT2D eigenvalue weighted by molar-refractivity contribution is -0.127. The number of amides is 2. The Labute approximate surface area is 194 Å². The van der Waals surface area contributed by atoms with Crippen LogP contribution in [0.3, 0.4) is 0 Å². The van der Waals surface area contributed by atoms with E-state index in [1.165, 1.54) is 0 Å². The molecule has 0 aliphatic carbocycles. The monoisotopic (exact) mass is 440 g/mol. The van der Waals surface area contributed by atoms with Crippen LogP contribution in [0.25, 0.3) is 6.08 Å². The smallest absolute Gasteiger partial charge is 0.254 e. The van der Waals surface area contributed by atoms with Gasteiger partial charge in [0.1, 0.15) is 18.3 Å². The third kappa shape index (κ3) is 4.27. The molecule has 0 bridgehead atoms. The Bertz CT molecular complexity index is 1220. The highest BCUT2D eigenvalue weighted by Gasteiger charge is 2.43. The van der Waals surface area contributed by atoms with E-state index in [0.29, 0.717) is 11.4 Å². The molecule has 1 fully saturated rings. The lowest BCUT2D eigenvalue weighted by Crippen LogP contribution is -2.61. The van der Waals surface area contributed by atoms with Crippen LogP contribution in [-0.4, -0.2) is 31.5 Å². The van der Waals surface area contributed by atoms with Gasteiger partial charge in [0.2, 0.25) is 5.91 Å². The molecule has 0 N–H and O–H groups in total. The second-order valence-electron chi connectivity index (χ2n) is 8.28. The molecule has 1 unspecified atom stereocenters. The highest BCUT2D eigenvalue weighted by Crippen LogP contribution is 2.36. The van der Waals surface area contributed by atoms with Crippen LogP contribution in [0.2, 0.25) is 0 Å². The van der Waals surface area contributed by atoms with E-state index < -0.39 is 6.04 Å². The summed E-state index contributed by atoms with van der Waals surface area (Å²) in [4.78, 5) is 30.8. The predicted octanol–water partition coefficient (Wildman–Crippen LogP) is 5.16. The largest absolute Gasteiger partial charge is 0.495 e. The van der Waals surface area contributed by atoms with Gasteiger partial charge in [-0.05, 0) is 61.2 Å². The number of ether oxygens (including phenoxy) is 1. The van der Waals surface area contributed by atoms with Crippen LogP contribution in [0.1, 0.15) is 23.6 Å². The van der Waals surface area contributed by atoms with Gasteiger partial charge in [0, 0.05) is 5.69 Å². The molecule has 33 heavy (non-hydrogen) atoms. The Hall–Kier alpha value is -3.86. The molecule has 168 valence electrons. The SMILES string of the molecule is COc1ccccc1N1C(=O)CN(c2cccc(C)c2C)C(=O)C1C(C)=Cc1ccccc1. The normalized spacial score (nSPS) is 16.8. The minimum Gasteiger partial charge on any atom is -0.495 e. The summed E-state index contributed by atoms with van der Waals surface area (Å²) in [6.07, 6.45) is 1.96. The molecule has 3 aromatic rings. The number of hydrogen-bond acceptors (Lipinski definition) is 3. The molecule has 1 atom stereocenters. The lowest BCUT2D eigenvalue weighted by Gasteiger charge is -2.41. The van der Waals surface area contributed by atoms with Gasteiger partial charge < -0.3 is 9.64 Å². The van der Waals surface area contributed by atoms with Crippen molar-refractivity contribution in [1.29, 1.82) is 0 Å². The Morgan fingerprint density at radius 3 is 2.30 bits per heavy atom. The molecule has 0 saturated carbocycles. The number of methoxy groups -OCH3 is 1. The number of hydrogen-bond donors (Lipinski definition) is 0. The van der Waals surface area contributed by atoms with Gasteiger partial charge in [0.25, 0.3) is 5.91 Å². The van der Waals surface area contributed by atoms with Crippen molar-refractivity contribution in [3.05, 3.63) is 95.1 Å². The summed E-state index contributed by atoms with van der Waals surface area (Å²) >= 11 is 0. The second-order valence-corrected chi connectivity index (χ2v) is 8.28. The molecular weight excluding hydrogens is 412 g/mol. The Kier molecular flexibility index (Phi) is 6.31. The van der Waals surface area contributed by atoms with Crippen LogP contribution < -0.4 is 14.5 Å². The van der Waals surface area contributed by atoms with Gasteiger partial charge in [0.05, 0.1) is 12.8 Å². The first-order valence-corrected chi connectivity index (χ1v) is 11.0. The predicted molar refractivity (Wildman–Crippen MR) is 133 cm³/mol. The van der Waals surface area contributed by atoms with Crippen molar-refractivity contribution in [3.63, 3.8) is 0 Å². The molecule has 0 aromatic heterocycles. The number of para-hydroxylation sites is 2. The minimum absolute atomic E-state index is 0.0315. The summed E-state index contributed by atoms with van der Waals surface area (Å²) in [5.74, 6) is 0.251. The minimum atomic E-state index is -0.789. The van der Waals surface area contributed by atoms with Crippen molar-refractivity contribution < 1.29 is 14.3 Å². The standard InChI is InChI=1S/C28H28N2O3/c1-19-11-10-15-23(21(19)3)29-18-26(31)30(24-14-8-9-16-25(24)33-4)27(28(29)32)20(2)17-22-12-6-5-7-13-22/h5-17,27H,18H2,1-4H3. The molecule has 2 amide bonds. The van der Waals surface area contributed by atoms with E-state index in [-0.39, 0.29) is 18.4 Å². The van der Waals surface area contributed by atoms with Gasteiger partial charge in [-0.3, -0.25) is 14.5 Å². The number of piperazine rings is 1. The molecule has 5 heteroatoms. The van der Waals surface area contributed by atoms with Crippen LogP contribution >= 0.6 is 0 Å². The van der Waals surface area contributed by atoms with E-state index in [0.717, 1.165) is 28.0 Å². The van der Waals surface area contributed by atoms with Crippen LogP contribution in [0.15, 0.2) is 78.4 Å². The molecule has 1 aliphatic heterocycles. The first-order valence-electron chi connectivity index (χ1n) is 11.0. The fourth-order valence-corrected chi connectivity index (χ4v) is 4.32. The van der Waals surface area contributed by atoms with Gasteiger partial charge in [-0.15, -0.1) is 0 Å². The number of carbonyl (C=O) groups is 2. The molecule has 3 aromatic carbocycles. The quantitative estimate of drug-likeness (QED) is 0.550. The van der Waals surface area contributed by atoms with Crippen molar-refractivity contribution >= 4 is 29.3 Å². The van der Waals surface area contributed by atoms with Gasteiger partial charge in [-0.25, -0.2) is 0 Å². The van der Waals surface area contributed by atoms with Crippen LogP contribution in [-0.2, 0) is 9.59 Å². The molecule has 1 saturated heterocycles. The number of benzene rings is 3. The average Bonchev–Trinajstić information content (AvgIpc) is 2.82. The van der Waals surface area contributed by atoms with E-state index in [1.807, 2.05) is 93.6 Å². The summed E-state index contributed by atoms with van der Waals surface area (Å²) < 4.78 is 5.54. The number of carbonyl (C=O) groups excluding carboxylic acids is 2. The second kappa shape index (κ2) is 9.33. The third-order valence-electron chi connectivity index (χ3n) is 6.16. The number of rotatable bonds is 5. The zero-order valence-corrected chi connectivity index (χ0v) is 19.4. The first-order chi connectivity index (χ1) is 15.9. The van der Waals surface area contributed by atoms with Crippen LogP contribution in [0.5, 0.6) is 5.75 Å². The van der Waals surface area contributed by atoms with Crippen molar-refractivity contribution in [2.45, 2.75) is 26.8 Å². The topological polar surface area (TPSA) is 49.9 Å². The Morgan fingerprint density at radius 2 is 1.58 bits per heavy atom. The van der Waals surface area contributed by atoms with Gasteiger partial charge in [-0.1, -0.05) is 60.7 Å². The van der Waals surface area contributed by atoms with Crippen LogP contribution in [0, 0.1) is 13.8 Å². The summed E-state index contributed by atoms with van der Waals surface area (Å²) in [5.41, 5.74) is 5.18. The van der Waals surface area contributed by atoms with E-state index in [2.05, 4.69) is 0 Å². The summed E-state index contributed by atoms with van der Waals surface area (Å²) in [6.45, 7) is 5.86. The molecule has 1 heterocycles. The number of aryl methyl sites for hydroxylation is 1. The summed E-state index contributed by atoms with van der Waals surface area (Å²) in [7, 11) is 1.57. The molecular formula is C28H28N2O3. The van der Waals surface area contributed by atoms with Gasteiger partial charge in [-0.2, -0.15) is 0 Å². The van der Waals surface area contributed by atoms with Crippen molar-refractivity contribution in [3.8, 4) is 5.75 Å². The van der Waals surface area contributed by atoms with Crippen molar-refractivity contribution in [1.82, 2.24) is 0 Å². The van der Waals surface area contributed by atoms with E-state index in [1.54, 1.807) is 23.0 Å². The zero-order chi connectivity index (χ0) is 23.5. The summed E-state index contributed by atoms with van der Waals surface area (Å²) in [6, 6.07) is 22.2. The first kappa shape index (κ1) is 22.3. The summed E-state index contributed by atoms with van der Waals surface area (Å²) in [5, 5.41) is 0. The van der Waals surface area contributed by atoms with Crippen molar-refractivity contribution in [2.24, 2.45) is 0 Å². The third-order valence-corrected chi connectivity index (χ3v) is 6.16. The Morgan fingerprint density at radius 1 is 0.909 bits per heavy atom. The van der Waals surface area contributed by atoms with E-state index in [4.69, 9.17) is 4.74 Å². The number of anilines is 2.